The molecule has 0 bridgehead atoms. The minimum atomic E-state index is -1.80. The largest absolute Gasteiger partial charge is 0.468 e. The van der Waals surface area contributed by atoms with Crippen LogP contribution in [0, 0.1) is 31.1 Å². The number of carbonyl (C=O) groups is 1. The predicted molar refractivity (Wildman–Crippen MR) is 143 cm³/mol. The first kappa shape index (κ1) is 27.4. The summed E-state index contributed by atoms with van der Waals surface area (Å²) in [5.41, 5.74) is 3.58. The van der Waals surface area contributed by atoms with Gasteiger partial charge in [0.25, 0.3) is 5.19 Å². The van der Waals surface area contributed by atoms with Gasteiger partial charge < -0.3 is 14.1 Å². The molecule has 1 aromatic heterocycles. The van der Waals surface area contributed by atoms with Crippen molar-refractivity contribution in [3.8, 4) is 11.3 Å². The topological polar surface area (TPSA) is 75.5 Å². The summed E-state index contributed by atoms with van der Waals surface area (Å²) >= 11 is 1.40. The van der Waals surface area contributed by atoms with Crippen LogP contribution in [0.1, 0.15) is 55.2 Å². The van der Waals surface area contributed by atoms with E-state index >= 15 is 0 Å². The molecule has 190 valence electrons. The fourth-order valence-corrected chi connectivity index (χ4v) is 5.48. The van der Waals surface area contributed by atoms with Gasteiger partial charge in [0.15, 0.2) is 8.32 Å². The van der Waals surface area contributed by atoms with Crippen molar-refractivity contribution in [2.24, 2.45) is 5.92 Å². The fourth-order valence-electron chi connectivity index (χ4n) is 3.62. The minimum Gasteiger partial charge on any atom is -0.468 e. The van der Waals surface area contributed by atoms with Gasteiger partial charge >= 0.3 is 0 Å². The molecule has 1 fully saturated rings. The Kier molecular flexibility index (Phi) is 8.79. The van der Waals surface area contributed by atoms with E-state index < -0.39 is 14.2 Å². The van der Waals surface area contributed by atoms with E-state index in [1.54, 1.807) is 6.20 Å². The van der Waals surface area contributed by atoms with Gasteiger partial charge in [0.1, 0.15) is 12.5 Å². The molecular weight excluding hydrogens is 474 g/mol. The molecule has 1 aromatic carbocycles. The van der Waals surface area contributed by atoms with Crippen molar-refractivity contribution in [1.82, 2.24) is 9.88 Å². The summed E-state index contributed by atoms with van der Waals surface area (Å²) in [6.45, 7) is 16.8. The Labute approximate surface area is 215 Å². The quantitative estimate of drug-likeness (QED) is 0.271. The molecule has 1 atom stereocenters. The molecule has 1 aliphatic rings. The third-order valence-corrected chi connectivity index (χ3v) is 12.8. The maximum Gasteiger partial charge on any atom is 0.273 e. The number of thiazole rings is 1. The van der Waals surface area contributed by atoms with E-state index in [1.807, 2.05) is 11.0 Å². The van der Waals surface area contributed by atoms with Crippen LogP contribution in [0.5, 0.6) is 5.19 Å². The number of hydrogen-bond donors (Lipinski definition) is 0. The number of benzene rings is 1. The molecule has 3 rings (SSSR count). The predicted octanol–water partition coefficient (Wildman–Crippen LogP) is 6.03. The molecule has 1 aliphatic carbocycles. The molecule has 0 spiro atoms. The van der Waals surface area contributed by atoms with E-state index in [0.717, 1.165) is 23.3 Å². The van der Waals surface area contributed by atoms with Crippen LogP contribution in [0.3, 0.4) is 0 Å². The lowest BCUT2D eigenvalue weighted by Crippen LogP contribution is -2.41. The normalized spacial score (nSPS) is 14.9. The van der Waals surface area contributed by atoms with Crippen molar-refractivity contribution < 1.29 is 14.0 Å². The van der Waals surface area contributed by atoms with Crippen LogP contribution in [0.25, 0.3) is 0 Å². The van der Waals surface area contributed by atoms with E-state index in [1.165, 1.54) is 22.5 Å². The summed E-state index contributed by atoms with van der Waals surface area (Å²) < 4.78 is 11.9. The molecule has 1 unspecified atom stereocenters. The number of hydrogen-bond acceptors (Lipinski definition) is 6. The number of ether oxygens (including phenoxy) is 1. The number of nitriles is 1. The van der Waals surface area contributed by atoms with Crippen molar-refractivity contribution in [3.05, 3.63) is 46.0 Å². The van der Waals surface area contributed by atoms with Gasteiger partial charge in [-0.05, 0) is 61.5 Å². The molecular formula is C27H39N3O3SSi. The Hall–Kier alpha value is -2.21. The van der Waals surface area contributed by atoms with Crippen molar-refractivity contribution in [2.75, 3.05) is 13.2 Å². The third kappa shape index (κ3) is 7.15. The molecule has 8 heteroatoms. The molecule has 0 radical (unpaired) electrons. The molecule has 1 saturated carbocycles. The summed E-state index contributed by atoms with van der Waals surface area (Å²) in [6, 6.07) is 8.68. The van der Waals surface area contributed by atoms with Crippen molar-refractivity contribution in [2.45, 2.75) is 84.6 Å². The van der Waals surface area contributed by atoms with Crippen LogP contribution in [0.15, 0.2) is 24.4 Å². The van der Waals surface area contributed by atoms with Gasteiger partial charge in [-0.2, -0.15) is 5.26 Å². The first-order chi connectivity index (χ1) is 16.4. The molecule has 0 N–H and O–H groups in total. The van der Waals surface area contributed by atoms with E-state index in [0.29, 0.717) is 31.4 Å². The monoisotopic (exact) mass is 513 g/mol. The number of amides is 1. The summed E-state index contributed by atoms with van der Waals surface area (Å²) in [4.78, 5) is 20.5. The Balaban J connectivity index is 1.57. The van der Waals surface area contributed by atoms with Crippen molar-refractivity contribution in [3.63, 3.8) is 0 Å². The summed E-state index contributed by atoms with van der Waals surface area (Å²) in [6.07, 6.45) is 4.08. The van der Waals surface area contributed by atoms with E-state index in [4.69, 9.17) is 9.16 Å². The number of aryl methyl sites for hydroxylation is 1. The lowest BCUT2D eigenvalue weighted by molar-refractivity contribution is -0.135. The zero-order valence-corrected chi connectivity index (χ0v) is 24.0. The second kappa shape index (κ2) is 11.2. The number of nitrogens with zero attached hydrogens (tertiary/aromatic N) is 3. The van der Waals surface area contributed by atoms with Gasteiger partial charge in [0.05, 0.1) is 12.7 Å². The average molecular weight is 514 g/mol. The second-order valence-electron chi connectivity index (χ2n) is 11.0. The van der Waals surface area contributed by atoms with Crippen LogP contribution in [0.4, 0.5) is 0 Å². The van der Waals surface area contributed by atoms with Crippen LogP contribution in [-0.4, -0.2) is 43.4 Å². The highest BCUT2D eigenvalue weighted by Gasteiger charge is 2.37. The van der Waals surface area contributed by atoms with Crippen LogP contribution in [0.2, 0.25) is 18.1 Å². The smallest absolute Gasteiger partial charge is 0.273 e. The minimum absolute atomic E-state index is 0.0884. The fraction of sp³-hybridized carbons (Fsp3) is 0.593. The van der Waals surface area contributed by atoms with Gasteiger partial charge in [-0.3, -0.25) is 4.79 Å². The molecule has 2 aromatic rings. The standard InChI is InChI=1S/C27H39N3O3SSi/c1-19-9-8-10-21(20(19)2)18-30(23-11-12-23)25(31)22(16-28)15-24-17-29-26(34-24)32-13-14-33-35(6,7)27(3,4)5/h8-10,17,22-23H,11-15,18H2,1-7H3. The molecule has 0 saturated heterocycles. The second-order valence-corrected chi connectivity index (χ2v) is 16.9. The van der Waals surface area contributed by atoms with Crippen LogP contribution < -0.4 is 4.74 Å². The average Bonchev–Trinajstić information content (AvgIpc) is 3.53. The summed E-state index contributed by atoms with van der Waals surface area (Å²) in [5.74, 6) is -0.814. The van der Waals surface area contributed by atoms with Gasteiger partial charge in [-0.15, -0.1) is 0 Å². The van der Waals surface area contributed by atoms with Gasteiger partial charge in [-0.1, -0.05) is 50.3 Å². The van der Waals surface area contributed by atoms with Crippen LogP contribution >= 0.6 is 11.3 Å². The Bertz CT molecular complexity index is 1070. The highest BCUT2D eigenvalue weighted by Crippen LogP contribution is 2.36. The zero-order chi connectivity index (χ0) is 25.8. The van der Waals surface area contributed by atoms with E-state index in [2.05, 4.69) is 70.9 Å². The Morgan fingerprint density at radius 2 is 2.00 bits per heavy atom. The molecule has 6 nitrogen and oxygen atoms in total. The maximum absolute atomic E-state index is 13.4. The van der Waals surface area contributed by atoms with Crippen LogP contribution in [-0.2, 0) is 22.2 Å². The summed E-state index contributed by atoms with van der Waals surface area (Å²) in [7, 11) is -1.80. The molecule has 0 aliphatic heterocycles. The summed E-state index contributed by atoms with van der Waals surface area (Å²) in [5, 5.41) is 10.6. The van der Waals surface area contributed by atoms with Gasteiger partial charge in [0.2, 0.25) is 5.91 Å². The molecule has 35 heavy (non-hydrogen) atoms. The van der Waals surface area contributed by atoms with Gasteiger partial charge in [-0.25, -0.2) is 4.98 Å². The zero-order valence-electron chi connectivity index (χ0n) is 22.2. The molecule has 1 heterocycles. The lowest BCUT2D eigenvalue weighted by atomic mass is 10.0. The number of aromatic nitrogens is 1. The SMILES string of the molecule is Cc1cccc(CN(C(=O)C(C#N)Cc2cnc(OCCO[Si](C)(C)C(C)(C)C)s2)C2CC2)c1C. The number of carbonyl (C=O) groups excluding carboxylic acids is 1. The van der Waals surface area contributed by atoms with Crippen molar-refractivity contribution in [1.29, 1.82) is 5.26 Å². The lowest BCUT2D eigenvalue weighted by Gasteiger charge is -2.36. The van der Waals surface area contributed by atoms with E-state index in [-0.39, 0.29) is 17.0 Å². The van der Waals surface area contributed by atoms with Gasteiger partial charge in [0, 0.05) is 30.1 Å². The highest BCUT2D eigenvalue weighted by molar-refractivity contribution is 7.13. The maximum atomic E-state index is 13.4. The van der Waals surface area contributed by atoms with E-state index in [9.17, 15) is 10.1 Å². The highest BCUT2D eigenvalue weighted by atomic mass is 32.1. The number of rotatable bonds is 11. The van der Waals surface area contributed by atoms with Crippen molar-refractivity contribution >= 4 is 25.6 Å². The third-order valence-electron chi connectivity index (χ3n) is 7.30. The Morgan fingerprint density at radius 1 is 1.29 bits per heavy atom. The molecule has 1 amide bonds. The first-order valence-electron chi connectivity index (χ1n) is 12.4. The first-order valence-corrected chi connectivity index (χ1v) is 16.1. The Morgan fingerprint density at radius 3 is 2.63 bits per heavy atom.